The highest BCUT2D eigenvalue weighted by molar-refractivity contribution is 6.07. The fraction of sp³-hybridized carbons (Fsp3) is 0.583. The van der Waals surface area contributed by atoms with Crippen molar-refractivity contribution >= 4 is 17.9 Å². The lowest BCUT2D eigenvalue weighted by atomic mass is 9.98. The van der Waals surface area contributed by atoms with Crippen molar-refractivity contribution in [3.8, 4) is 0 Å². The van der Waals surface area contributed by atoms with E-state index in [4.69, 9.17) is 5.11 Å². The number of aliphatic carboxylic acids is 1. The third-order valence-corrected chi connectivity index (χ3v) is 3.48. The Balaban J connectivity index is 2.13. The maximum absolute atomic E-state index is 12.2. The summed E-state index contributed by atoms with van der Waals surface area (Å²) in [6, 6.07) is -0.417. The maximum atomic E-state index is 12.2. The van der Waals surface area contributed by atoms with Gasteiger partial charge in [-0.3, -0.25) is 9.69 Å². The summed E-state index contributed by atoms with van der Waals surface area (Å²) in [5.41, 5.74) is -0.248. The fourth-order valence-corrected chi connectivity index (χ4v) is 2.64. The first-order chi connectivity index (χ1) is 8.44. The Morgan fingerprint density at radius 2 is 2.06 bits per heavy atom. The van der Waals surface area contributed by atoms with E-state index in [-0.39, 0.29) is 12.5 Å². The summed E-state index contributed by atoms with van der Waals surface area (Å²) in [5.74, 6) is -1.29. The Bertz CT molecular complexity index is 435. The Morgan fingerprint density at radius 1 is 1.44 bits per heavy atom. The molecular formula is C12H16N2O4. The number of carbonyl (C=O) groups excluding carboxylic acids is 2. The number of carbonyl (C=O) groups is 3. The van der Waals surface area contributed by atoms with Crippen molar-refractivity contribution in [2.45, 2.75) is 38.1 Å². The van der Waals surface area contributed by atoms with Gasteiger partial charge >= 0.3 is 12.0 Å². The number of urea groups is 1. The molecule has 0 aromatic heterocycles. The zero-order valence-corrected chi connectivity index (χ0v) is 10.2. The lowest BCUT2D eigenvalue weighted by molar-refractivity contribution is -0.132. The van der Waals surface area contributed by atoms with Crippen molar-refractivity contribution in [2.75, 3.05) is 6.54 Å². The van der Waals surface area contributed by atoms with E-state index in [9.17, 15) is 14.4 Å². The number of nitrogens with zero attached hydrogens (tertiary/aromatic N) is 1. The zero-order valence-electron chi connectivity index (χ0n) is 10.2. The van der Waals surface area contributed by atoms with Gasteiger partial charge in [0, 0.05) is 6.08 Å². The predicted octanol–water partition coefficient (Wildman–Crippen LogP) is 0.882. The van der Waals surface area contributed by atoms with Crippen LogP contribution >= 0.6 is 0 Å². The Labute approximate surface area is 105 Å². The van der Waals surface area contributed by atoms with Crippen LogP contribution in [0.5, 0.6) is 0 Å². The van der Waals surface area contributed by atoms with Crippen LogP contribution in [-0.4, -0.2) is 40.0 Å². The largest absolute Gasteiger partial charge is 0.478 e. The average Bonchev–Trinajstić information content (AvgIpc) is 2.80. The minimum Gasteiger partial charge on any atom is -0.478 e. The van der Waals surface area contributed by atoms with E-state index in [0.29, 0.717) is 18.4 Å². The summed E-state index contributed by atoms with van der Waals surface area (Å²) >= 11 is 0. The summed E-state index contributed by atoms with van der Waals surface area (Å²) in [7, 11) is 0. The second-order valence-corrected chi connectivity index (χ2v) is 4.94. The topological polar surface area (TPSA) is 86.7 Å². The van der Waals surface area contributed by atoms with E-state index >= 15 is 0 Å². The van der Waals surface area contributed by atoms with Crippen LogP contribution < -0.4 is 5.32 Å². The van der Waals surface area contributed by atoms with Crippen LogP contribution in [0.3, 0.4) is 0 Å². The SMILES string of the molecule is CC(=CC(=O)O)CN1C(=O)NC2(CCCC2)C1=O. The van der Waals surface area contributed by atoms with E-state index in [1.165, 1.54) is 0 Å². The van der Waals surface area contributed by atoms with E-state index in [1.807, 2.05) is 0 Å². The average molecular weight is 252 g/mol. The van der Waals surface area contributed by atoms with Gasteiger partial charge in [0.05, 0.1) is 6.54 Å². The van der Waals surface area contributed by atoms with Crippen molar-refractivity contribution in [3.05, 3.63) is 11.6 Å². The van der Waals surface area contributed by atoms with Crippen molar-refractivity contribution in [2.24, 2.45) is 0 Å². The minimum atomic E-state index is -1.07. The molecule has 18 heavy (non-hydrogen) atoms. The van der Waals surface area contributed by atoms with Gasteiger partial charge in [0.15, 0.2) is 0 Å². The predicted molar refractivity (Wildman–Crippen MR) is 62.8 cm³/mol. The van der Waals surface area contributed by atoms with Gasteiger partial charge in [0.25, 0.3) is 5.91 Å². The third kappa shape index (κ3) is 2.10. The number of imide groups is 1. The second kappa shape index (κ2) is 4.44. The number of rotatable bonds is 3. The van der Waals surface area contributed by atoms with Gasteiger partial charge in [-0.25, -0.2) is 9.59 Å². The van der Waals surface area contributed by atoms with Crippen LogP contribution in [0, 0.1) is 0 Å². The van der Waals surface area contributed by atoms with Gasteiger partial charge in [-0.2, -0.15) is 0 Å². The molecule has 2 N–H and O–H groups in total. The molecule has 6 heteroatoms. The molecular weight excluding hydrogens is 236 g/mol. The molecule has 0 aromatic rings. The summed E-state index contributed by atoms with van der Waals surface area (Å²) < 4.78 is 0. The summed E-state index contributed by atoms with van der Waals surface area (Å²) in [5, 5.41) is 11.4. The van der Waals surface area contributed by atoms with Crippen molar-refractivity contribution in [3.63, 3.8) is 0 Å². The molecule has 0 atom stereocenters. The summed E-state index contributed by atoms with van der Waals surface area (Å²) in [4.78, 5) is 35.6. The van der Waals surface area contributed by atoms with Crippen LogP contribution in [0.25, 0.3) is 0 Å². The molecule has 1 aliphatic heterocycles. The highest BCUT2D eigenvalue weighted by atomic mass is 16.4. The van der Waals surface area contributed by atoms with Gasteiger partial charge in [0.2, 0.25) is 0 Å². The van der Waals surface area contributed by atoms with Crippen LogP contribution in [0.1, 0.15) is 32.6 Å². The third-order valence-electron chi connectivity index (χ3n) is 3.48. The van der Waals surface area contributed by atoms with Gasteiger partial charge in [-0.15, -0.1) is 0 Å². The van der Waals surface area contributed by atoms with Crippen molar-refractivity contribution in [1.29, 1.82) is 0 Å². The normalized spacial score (nSPS) is 22.7. The molecule has 1 saturated heterocycles. The first-order valence-electron chi connectivity index (χ1n) is 5.99. The van der Waals surface area contributed by atoms with E-state index in [2.05, 4.69) is 5.32 Å². The molecule has 2 fully saturated rings. The molecule has 1 aliphatic carbocycles. The van der Waals surface area contributed by atoms with E-state index in [0.717, 1.165) is 23.8 Å². The zero-order chi connectivity index (χ0) is 13.3. The molecule has 6 nitrogen and oxygen atoms in total. The molecule has 1 heterocycles. The molecule has 98 valence electrons. The Kier molecular flexibility index (Phi) is 3.11. The van der Waals surface area contributed by atoms with Crippen LogP contribution in [-0.2, 0) is 9.59 Å². The molecule has 3 amide bonds. The number of hydrogen-bond acceptors (Lipinski definition) is 3. The van der Waals surface area contributed by atoms with Crippen LogP contribution in [0.2, 0.25) is 0 Å². The number of carboxylic acid groups (broad SMARTS) is 1. The smallest absolute Gasteiger partial charge is 0.328 e. The van der Waals surface area contributed by atoms with Crippen LogP contribution in [0.4, 0.5) is 4.79 Å². The number of hydrogen-bond donors (Lipinski definition) is 2. The van der Waals surface area contributed by atoms with E-state index in [1.54, 1.807) is 6.92 Å². The lowest BCUT2D eigenvalue weighted by Crippen LogP contribution is -2.44. The Hall–Kier alpha value is -1.85. The van der Waals surface area contributed by atoms with Gasteiger partial charge < -0.3 is 10.4 Å². The number of carboxylic acids is 1. The monoisotopic (exact) mass is 252 g/mol. The highest BCUT2D eigenvalue weighted by Crippen LogP contribution is 2.35. The molecule has 0 aromatic carbocycles. The molecule has 0 unspecified atom stereocenters. The minimum absolute atomic E-state index is 0.0404. The molecule has 0 radical (unpaired) electrons. The Morgan fingerprint density at radius 3 is 2.61 bits per heavy atom. The van der Waals surface area contributed by atoms with Crippen molar-refractivity contribution in [1.82, 2.24) is 10.2 Å². The lowest BCUT2D eigenvalue weighted by Gasteiger charge is -2.20. The van der Waals surface area contributed by atoms with Gasteiger partial charge in [-0.05, 0) is 25.3 Å². The van der Waals surface area contributed by atoms with Gasteiger partial charge in [-0.1, -0.05) is 12.8 Å². The molecule has 2 aliphatic rings. The van der Waals surface area contributed by atoms with Crippen LogP contribution in [0.15, 0.2) is 11.6 Å². The number of amides is 3. The molecule has 0 bridgehead atoms. The van der Waals surface area contributed by atoms with E-state index < -0.39 is 17.5 Å². The number of nitrogens with one attached hydrogen (secondary N) is 1. The first-order valence-corrected chi connectivity index (χ1v) is 5.99. The maximum Gasteiger partial charge on any atom is 0.328 e. The molecule has 1 saturated carbocycles. The highest BCUT2D eigenvalue weighted by Gasteiger charge is 2.52. The quantitative estimate of drug-likeness (QED) is 0.576. The fourth-order valence-electron chi connectivity index (χ4n) is 2.64. The van der Waals surface area contributed by atoms with Crippen molar-refractivity contribution < 1.29 is 19.5 Å². The van der Waals surface area contributed by atoms with Gasteiger partial charge in [0.1, 0.15) is 5.54 Å². The summed E-state index contributed by atoms with van der Waals surface area (Å²) in [6.45, 7) is 1.63. The standard InChI is InChI=1S/C12H16N2O4/c1-8(6-9(15)16)7-14-10(17)12(13-11(14)18)4-2-3-5-12/h6H,2-5,7H2,1H3,(H,13,18)(H,15,16). The summed E-state index contributed by atoms with van der Waals surface area (Å²) in [6.07, 6.45) is 4.24. The molecule has 2 rings (SSSR count). The first kappa shape index (κ1) is 12.6. The second-order valence-electron chi connectivity index (χ2n) is 4.94. The molecule has 1 spiro atoms.